The molecular weight excluding hydrogens is 757 g/mol. The molecule has 5 aliphatic rings. The van der Waals surface area contributed by atoms with Crippen LogP contribution in [0.1, 0.15) is 135 Å². The first kappa shape index (κ1) is 45.0. The van der Waals surface area contributed by atoms with Gasteiger partial charge in [-0.3, -0.25) is 0 Å². The minimum atomic E-state index is -1.04. The summed E-state index contributed by atoms with van der Waals surface area (Å²) in [5.41, 5.74) is 4.15. The zero-order valence-electron chi connectivity index (χ0n) is 38.4. The predicted octanol–water partition coefficient (Wildman–Crippen LogP) is 12.4. The second-order valence-electron chi connectivity index (χ2n) is 21.5. The molecule has 1 saturated heterocycles. The van der Waals surface area contributed by atoms with Crippen LogP contribution < -0.4 is 0 Å². The third-order valence-electron chi connectivity index (χ3n) is 17.4. The lowest BCUT2D eigenvalue weighted by Gasteiger charge is -2.65. The van der Waals surface area contributed by atoms with Crippen LogP contribution in [0, 0.1) is 51.8 Å². The van der Waals surface area contributed by atoms with Crippen molar-refractivity contribution in [3.63, 3.8) is 0 Å². The van der Waals surface area contributed by atoms with Crippen LogP contribution in [0.15, 0.2) is 91.0 Å². The maximum absolute atomic E-state index is 12.3. The standard InChI is InChI=1S/C55H78O6/c1-38(2)17-16-18-39(3)45-25-26-46-44-28-30-53(4)33-43(27-32-55(53,6)47(44)29-31-54(45,46)5)60-52-49(56)51(59-36-42-23-14-9-15-24-42)50(58-35-41-21-12-8-13-22-41)48(61-52)37-57-34-40-19-10-7-11-20-40/h7-15,19-24,38-39,43-52,56H,16-18,25-37H2,1-6H3/t39-,43+,44+,45-,46+,47+,48-,49-,50-,51-,52+,53+,54-,55-/m1/s1. The number of hydrogen-bond donors (Lipinski definition) is 1. The largest absolute Gasteiger partial charge is 0.385 e. The van der Waals surface area contributed by atoms with Gasteiger partial charge in [-0.25, -0.2) is 0 Å². The van der Waals surface area contributed by atoms with Gasteiger partial charge >= 0.3 is 0 Å². The van der Waals surface area contributed by atoms with Crippen LogP contribution in [0.2, 0.25) is 0 Å². The second-order valence-corrected chi connectivity index (χ2v) is 21.5. The number of hydrogen-bond acceptors (Lipinski definition) is 6. The summed E-state index contributed by atoms with van der Waals surface area (Å²) >= 11 is 0. The fourth-order valence-electron chi connectivity index (χ4n) is 13.9. The van der Waals surface area contributed by atoms with Crippen molar-refractivity contribution in [2.75, 3.05) is 6.61 Å². The topological polar surface area (TPSA) is 66.4 Å². The van der Waals surface area contributed by atoms with Gasteiger partial charge in [-0.2, -0.15) is 0 Å². The molecule has 6 heteroatoms. The summed E-state index contributed by atoms with van der Waals surface area (Å²) in [5.74, 6) is 5.02. The molecular formula is C55H78O6. The Morgan fingerprint density at radius 3 is 1.93 bits per heavy atom. The Hall–Kier alpha value is -2.58. The van der Waals surface area contributed by atoms with Crippen molar-refractivity contribution < 1.29 is 28.8 Å². The van der Waals surface area contributed by atoms with Crippen LogP contribution in [0.4, 0.5) is 0 Å². The third-order valence-corrected chi connectivity index (χ3v) is 17.4. The van der Waals surface area contributed by atoms with Gasteiger partial charge in [-0.05, 0) is 126 Å². The van der Waals surface area contributed by atoms with E-state index in [1.165, 1.54) is 57.8 Å². The van der Waals surface area contributed by atoms with Crippen LogP contribution >= 0.6 is 0 Å². The summed E-state index contributed by atoms with van der Waals surface area (Å²) < 4.78 is 33.6. The maximum atomic E-state index is 12.3. The molecule has 8 rings (SSSR count). The summed E-state index contributed by atoms with van der Waals surface area (Å²) in [6.45, 7) is 16.8. The minimum absolute atomic E-state index is 0.00636. The summed E-state index contributed by atoms with van der Waals surface area (Å²) in [4.78, 5) is 0. The Bertz CT molecular complexity index is 1790. The van der Waals surface area contributed by atoms with E-state index in [4.69, 9.17) is 23.7 Å². The van der Waals surface area contributed by atoms with E-state index in [1.54, 1.807) is 0 Å². The van der Waals surface area contributed by atoms with E-state index < -0.39 is 30.7 Å². The molecule has 334 valence electrons. The summed E-state index contributed by atoms with van der Waals surface area (Å²) in [6.07, 6.45) is 11.9. The van der Waals surface area contributed by atoms with Gasteiger partial charge in [0.2, 0.25) is 0 Å². The van der Waals surface area contributed by atoms with Gasteiger partial charge in [-0.15, -0.1) is 0 Å². The lowest BCUT2D eigenvalue weighted by molar-refractivity contribution is -0.333. The summed E-state index contributed by atoms with van der Waals surface area (Å²) in [5, 5.41) is 12.3. The van der Waals surface area contributed by atoms with Gasteiger partial charge in [-0.1, -0.05) is 152 Å². The second kappa shape index (κ2) is 19.7. The molecule has 5 fully saturated rings. The number of aliphatic hydroxyl groups excluding tert-OH is 1. The van der Waals surface area contributed by atoms with Gasteiger partial charge < -0.3 is 28.8 Å². The lowest BCUT2D eigenvalue weighted by Crippen LogP contribution is -2.62. The number of rotatable bonds is 17. The highest BCUT2D eigenvalue weighted by atomic mass is 16.7. The van der Waals surface area contributed by atoms with Crippen LogP contribution in [0.3, 0.4) is 0 Å². The van der Waals surface area contributed by atoms with E-state index in [0.717, 1.165) is 71.5 Å². The first-order chi connectivity index (χ1) is 29.5. The normalized spacial score (nSPS) is 37.8. The molecule has 4 saturated carbocycles. The predicted molar refractivity (Wildman–Crippen MR) is 243 cm³/mol. The molecule has 0 unspecified atom stereocenters. The van der Waals surface area contributed by atoms with E-state index in [0.29, 0.717) is 25.2 Å². The monoisotopic (exact) mass is 835 g/mol. The van der Waals surface area contributed by atoms with E-state index in [2.05, 4.69) is 77.9 Å². The maximum Gasteiger partial charge on any atom is 0.186 e. The Kier molecular flexibility index (Phi) is 14.5. The molecule has 4 aliphatic carbocycles. The molecule has 1 aliphatic heterocycles. The zero-order chi connectivity index (χ0) is 42.6. The van der Waals surface area contributed by atoms with Crippen LogP contribution in [0.25, 0.3) is 0 Å². The van der Waals surface area contributed by atoms with Gasteiger partial charge in [0.25, 0.3) is 0 Å². The molecule has 61 heavy (non-hydrogen) atoms. The smallest absolute Gasteiger partial charge is 0.186 e. The van der Waals surface area contributed by atoms with Crippen LogP contribution in [-0.2, 0) is 43.5 Å². The zero-order valence-corrected chi connectivity index (χ0v) is 38.4. The average molecular weight is 835 g/mol. The van der Waals surface area contributed by atoms with Crippen molar-refractivity contribution in [2.45, 2.75) is 175 Å². The highest BCUT2D eigenvalue weighted by Gasteiger charge is 2.64. The van der Waals surface area contributed by atoms with E-state index >= 15 is 0 Å². The number of aliphatic hydroxyl groups is 1. The molecule has 0 amide bonds. The van der Waals surface area contributed by atoms with Crippen molar-refractivity contribution in [2.24, 2.45) is 51.8 Å². The van der Waals surface area contributed by atoms with E-state index in [1.807, 2.05) is 54.6 Å². The molecule has 3 aromatic carbocycles. The molecule has 0 bridgehead atoms. The highest BCUT2D eigenvalue weighted by molar-refractivity contribution is 5.17. The third kappa shape index (κ3) is 9.76. The Labute approximate surface area is 368 Å². The summed E-state index contributed by atoms with van der Waals surface area (Å²) in [6, 6.07) is 30.6. The van der Waals surface area contributed by atoms with Crippen molar-refractivity contribution in [1.82, 2.24) is 0 Å². The highest BCUT2D eigenvalue weighted by Crippen LogP contribution is 2.71. The number of ether oxygens (including phenoxy) is 5. The fourth-order valence-corrected chi connectivity index (χ4v) is 13.9. The van der Waals surface area contributed by atoms with Crippen molar-refractivity contribution in [3.8, 4) is 0 Å². The molecule has 14 atom stereocenters. The molecule has 1 N–H and O–H groups in total. The lowest BCUT2D eigenvalue weighted by atomic mass is 9.40. The quantitative estimate of drug-likeness (QED) is 0.137. The Balaban J connectivity index is 0.968. The van der Waals surface area contributed by atoms with Crippen LogP contribution in [0.5, 0.6) is 0 Å². The van der Waals surface area contributed by atoms with E-state index in [9.17, 15) is 5.11 Å². The Morgan fingerprint density at radius 1 is 0.672 bits per heavy atom. The Morgan fingerprint density at radius 2 is 1.30 bits per heavy atom. The van der Waals surface area contributed by atoms with Gasteiger partial charge in [0, 0.05) is 0 Å². The minimum Gasteiger partial charge on any atom is -0.385 e. The molecule has 3 aromatic rings. The molecule has 0 spiro atoms. The van der Waals surface area contributed by atoms with Crippen molar-refractivity contribution in [1.29, 1.82) is 0 Å². The molecule has 0 aromatic heterocycles. The SMILES string of the molecule is CC(C)CCC[C@@H](C)[C@H]1CC[C@H]2[C@@H]3CC[C@@]4(C)C[C@@H](O[C@H]5O[C@H](COCc6ccccc6)[C@@H](OCc6ccccc6)[C@H](OCc6ccccc6)[C@H]5O)CC[C@]4(C)[C@H]3CC[C@]12C. The first-order valence-corrected chi connectivity index (χ1v) is 24.4. The van der Waals surface area contributed by atoms with Crippen LogP contribution in [-0.4, -0.2) is 48.5 Å². The fraction of sp³-hybridized carbons (Fsp3) is 0.673. The molecule has 0 radical (unpaired) electrons. The van der Waals surface area contributed by atoms with Gasteiger partial charge in [0.15, 0.2) is 6.29 Å². The van der Waals surface area contributed by atoms with Gasteiger partial charge in [0.1, 0.15) is 24.4 Å². The molecule has 6 nitrogen and oxygen atoms in total. The number of fused-ring (bicyclic) bond motifs is 5. The first-order valence-electron chi connectivity index (χ1n) is 24.4. The van der Waals surface area contributed by atoms with Gasteiger partial charge in [0.05, 0.1) is 32.5 Å². The van der Waals surface area contributed by atoms with Crippen molar-refractivity contribution in [3.05, 3.63) is 108 Å². The summed E-state index contributed by atoms with van der Waals surface area (Å²) in [7, 11) is 0. The molecule has 1 heterocycles. The van der Waals surface area contributed by atoms with E-state index in [-0.39, 0.29) is 23.5 Å². The average Bonchev–Trinajstić information content (AvgIpc) is 3.62. The number of benzene rings is 3. The van der Waals surface area contributed by atoms with Crippen molar-refractivity contribution >= 4 is 0 Å².